The second-order valence-corrected chi connectivity index (χ2v) is 7.73. The maximum absolute atomic E-state index is 12.6. The van der Waals surface area contributed by atoms with Gasteiger partial charge in [0.2, 0.25) is 5.95 Å². The molecule has 1 N–H and O–H groups in total. The highest BCUT2D eigenvalue weighted by atomic mass is 35.5. The summed E-state index contributed by atoms with van der Waals surface area (Å²) in [5.74, 6) is 0.128. The Bertz CT molecular complexity index is 838. The fourth-order valence-electron chi connectivity index (χ4n) is 2.58. The van der Waals surface area contributed by atoms with E-state index in [0.29, 0.717) is 11.6 Å². The lowest BCUT2D eigenvalue weighted by Gasteiger charge is -2.16. The summed E-state index contributed by atoms with van der Waals surface area (Å²) in [5, 5.41) is 2.93. The molecule has 7 nitrogen and oxygen atoms in total. The van der Waals surface area contributed by atoms with Crippen molar-refractivity contribution in [3.8, 4) is 0 Å². The van der Waals surface area contributed by atoms with Gasteiger partial charge in [-0.15, -0.1) is 0 Å². The van der Waals surface area contributed by atoms with Crippen LogP contribution in [0.1, 0.15) is 23.3 Å². The molecule has 0 bridgehead atoms. The Morgan fingerprint density at radius 3 is 2.48 bits per heavy atom. The van der Waals surface area contributed by atoms with E-state index >= 15 is 0 Å². The second kappa shape index (κ2) is 8.58. The fourth-order valence-corrected chi connectivity index (χ4v) is 3.41. The van der Waals surface area contributed by atoms with Crippen LogP contribution in [0.4, 0.5) is 16.4 Å². The van der Waals surface area contributed by atoms with Gasteiger partial charge in [-0.05, 0) is 48.9 Å². The van der Waals surface area contributed by atoms with E-state index in [1.807, 2.05) is 4.90 Å². The Kier molecular flexibility index (Phi) is 6.18. The number of amides is 2. The second-order valence-electron chi connectivity index (χ2n) is 6.30. The van der Waals surface area contributed by atoms with Gasteiger partial charge in [-0.2, -0.15) is 0 Å². The van der Waals surface area contributed by atoms with E-state index in [-0.39, 0.29) is 16.0 Å². The van der Waals surface area contributed by atoms with Crippen LogP contribution in [0.5, 0.6) is 0 Å². The molecule has 1 aliphatic rings. The summed E-state index contributed by atoms with van der Waals surface area (Å²) in [6.07, 6.45) is 3.64. The van der Waals surface area contributed by atoms with Crippen molar-refractivity contribution in [3.05, 3.63) is 41.2 Å². The minimum atomic E-state index is -0.396. The number of nitrogens with one attached hydrogen (secondary N) is 1. The van der Waals surface area contributed by atoms with E-state index < -0.39 is 5.91 Å². The maximum atomic E-state index is 12.6. The van der Waals surface area contributed by atoms with E-state index in [1.165, 1.54) is 11.1 Å². The van der Waals surface area contributed by atoms with Crippen molar-refractivity contribution in [3.63, 3.8) is 0 Å². The molecular formula is C18H20ClN5O2S. The van der Waals surface area contributed by atoms with Crippen LogP contribution in [0.3, 0.4) is 0 Å². The van der Waals surface area contributed by atoms with Gasteiger partial charge in [0.25, 0.3) is 11.1 Å². The molecule has 2 heterocycles. The highest BCUT2D eigenvalue weighted by Gasteiger charge is 2.19. The predicted molar refractivity (Wildman–Crippen MR) is 108 cm³/mol. The number of carbonyl (C=O) groups is 2. The van der Waals surface area contributed by atoms with Crippen LogP contribution in [0, 0.1) is 0 Å². The predicted octanol–water partition coefficient (Wildman–Crippen LogP) is 3.76. The molecular weight excluding hydrogens is 386 g/mol. The number of carbonyl (C=O) groups excluding carboxylic acids is 2. The van der Waals surface area contributed by atoms with Crippen molar-refractivity contribution in [2.24, 2.45) is 0 Å². The highest BCUT2D eigenvalue weighted by Crippen LogP contribution is 2.24. The molecule has 0 atom stereocenters. The molecule has 1 aromatic carbocycles. The lowest BCUT2D eigenvalue weighted by atomic mass is 10.3. The van der Waals surface area contributed by atoms with E-state index in [9.17, 15) is 9.59 Å². The molecule has 142 valence electrons. The summed E-state index contributed by atoms with van der Waals surface area (Å²) < 4.78 is 0. The highest BCUT2D eigenvalue weighted by molar-refractivity contribution is 8.13. The molecule has 0 radical (unpaired) electrons. The van der Waals surface area contributed by atoms with E-state index in [2.05, 4.69) is 15.3 Å². The summed E-state index contributed by atoms with van der Waals surface area (Å²) in [7, 11) is 3.40. The van der Waals surface area contributed by atoms with Gasteiger partial charge >= 0.3 is 0 Å². The summed E-state index contributed by atoms with van der Waals surface area (Å²) in [6.45, 7) is 1.76. The lowest BCUT2D eigenvalue weighted by Crippen LogP contribution is -2.23. The molecule has 0 aliphatic carbocycles. The first kappa shape index (κ1) is 19.4. The SMILES string of the molecule is CN(C)C(=O)Sc1ccc(NC(=O)c2nc(N3CCCC3)ncc2Cl)cc1. The Hall–Kier alpha value is -2.32. The topological polar surface area (TPSA) is 78.4 Å². The van der Waals surface area contributed by atoms with E-state index in [0.717, 1.165) is 42.6 Å². The zero-order chi connectivity index (χ0) is 19.4. The number of hydrogen-bond acceptors (Lipinski definition) is 6. The Balaban J connectivity index is 1.69. The van der Waals surface area contributed by atoms with E-state index in [1.54, 1.807) is 38.4 Å². The molecule has 1 aliphatic heterocycles. The third-order valence-corrected chi connectivity index (χ3v) is 5.34. The molecule has 1 aromatic heterocycles. The summed E-state index contributed by atoms with van der Waals surface area (Å²) in [5.41, 5.74) is 0.744. The van der Waals surface area contributed by atoms with Crippen molar-refractivity contribution in [1.29, 1.82) is 0 Å². The fraction of sp³-hybridized carbons (Fsp3) is 0.333. The molecule has 27 heavy (non-hydrogen) atoms. The minimum Gasteiger partial charge on any atom is -0.341 e. The Labute approximate surface area is 167 Å². The summed E-state index contributed by atoms with van der Waals surface area (Å²) in [4.78, 5) is 37.2. The van der Waals surface area contributed by atoms with Gasteiger partial charge < -0.3 is 15.1 Å². The molecule has 2 amide bonds. The van der Waals surface area contributed by atoms with Gasteiger partial charge in [0.05, 0.1) is 11.2 Å². The summed E-state index contributed by atoms with van der Waals surface area (Å²) in [6, 6.07) is 7.02. The standard InChI is InChI=1S/C18H20ClN5O2S/c1-23(2)18(26)27-13-7-5-12(6-8-13)21-16(25)15-14(19)11-20-17(22-15)24-9-3-4-10-24/h5-8,11H,3-4,9-10H2,1-2H3,(H,21,25). The van der Waals surface area contributed by atoms with Crippen LogP contribution in [0.25, 0.3) is 0 Å². The number of aromatic nitrogens is 2. The molecule has 1 fully saturated rings. The summed E-state index contributed by atoms with van der Waals surface area (Å²) >= 11 is 7.25. The lowest BCUT2D eigenvalue weighted by molar-refractivity contribution is 0.102. The van der Waals surface area contributed by atoms with Gasteiger partial charge in [-0.1, -0.05) is 11.6 Å². The maximum Gasteiger partial charge on any atom is 0.285 e. The molecule has 0 saturated carbocycles. The number of nitrogens with zero attached hydrogens (tertiary/aromatic N) is 4. The third-order valence-electron chi connectivity index (χ3n) is 4.02. The zero-order valence-corrected chi connectivity index (χ0v) is 16.7. The van der Waals surface area contributed by atoms with Crippen molar-refractivity contribution in [1.82, 2.24) is 14.9 Å². The number of hydrogen-bond donors (Lipinski definition) is 1. The normalized spacial score (nSPS) is 13.5. The molecule has 2 aromatic rings. The largest absolute Gasteiger partial charge is 0.341 e. The number of benzene rings is 1. The smallest absolute Gasteiger partial charge is 0.285 e. The van der Waals surface area contributed by atoms with Crippen LogP contribution in [0.2, 0.25) is 5.02 Å². The molecule has 1 saturated heterocycles. The average molecular weight is 406 g/mol. The molecule has 0 unspecified atom stereocenters. The quantitative estimate of drug-likeness (QED) is 0.780. The van der Waals surface area contributed by atoms with Gasteiger partial charge in [-0.3, -0.25) is 9.59 Å². The number of rotatable bonds is 4. The molecule has 3 rings (SSSR count). The van der Waals surface area contributed by atoms with Crippen LogP contribution in [0.15, 0.2) is 35.4 Å². The first-order valence-electron chi connectivity index (χ1n) is 8.52. The van der Waals surface area contributed by atoms with Gasteiger partial charge in [-0.25, -0.2) is 9.97 Å². The third kappa shape index (κ3) is 4.90. The van der Waals surface area contributed by atoms with Crippen molar-refractivity contribution >= 4 is 46.1 Å². The van der Waals surface area contributed by atoms with Crippen LogP contribution < -0.4 is 10.2 Å². The number of halogens is 1. The first-order chi connectivity index (χ1) is 12.9. The van der Waals surface area contributed by atoms with Crippen molar-refractivity contribution in [2.75, 3.05) is 37.4 Å². The number of anilines is 2. The average Bonchev–Trinajstić information content (AvgIpc) is 3.18. The van der Waals surface area contributed by atoms with E-state index in [4.69, 9.17) is 11.6 Å². The van der Waals surface area contributed by atoms with Crippen LogP contribution >= 0.6 is 23.4 Å². The zero-order valence-electron chi connectivity index (χ0n) is 15.1. The van der Waals surface area contributed by atoms with Crippen molar-refractivity contribution < 1.29 is 9.59 Å². The monoisotopic (exact) mass is 405 g/mol. The minimum absolute atomic E-state index is 0.0611. The van der Waals surface area contributed by atoms with Gasteiger partial charge in [0, 0.05) is 37.8 Å². The van der Waals surface area contributed by atoms with Crippen LogP contribution in [-0.2, 0) is 0 Å². The first-order valence-corrected chi connectivity index (χ1v) is 9.71. The number of thioether (sulfide) groups is 1. The Morgan fingerprint density at radius 1 is 1.19 bits per heavy atom. The molecule has 0 spiro atoms. The molecule has 9 heteroatoms. The van der Waals surface area contributed by atoms with Gasteiger partial charge in [0.15, 0.2) is 5.69 Å². The van der Waals surface area contributed by atoms with Gasteiger partial charge in [0.1, 0.15) is 0 Å². The van der Waals surface area contributed by atoms with Crippen LogP contribution in [-0.4, -0.2) is 53.2 Å². The van der Waals surface area contributed by atoms with Crippen molar-refractivity contribution in [2.45, 2.75) is 17.7 Å². The Morgan fingerprint density at radius 2 is 1.85 bits per heavy atom.